The van der Waals surface area contributed by atoms with Gasteiger partial charge in [0, 0.05) is 6.42 Å². The lowest BCUT2D eigenvalue weighted by molar-refractivity contribution is -0.905. The Morgan fingerprint density at radius 1 is 1.00 bits per heavy atom. The molecule has 2 aliphatic rings. The number of nitrogens with one attached hydrogen (secondary N) is 1. The van der Waals surface area contributed by atoms with E-state index in [1.54, 1.807) is 4.90 Å². The fourth-order valence-corrected chi connectivity index (χ4v) is 4.93. The molecule has 0 unspecified atom stereocenters. The summed E-state index contributed by atoms with van der Waals surface area (Å²) in [5, 5.41) is 11.9. The molecule has 3 nitrogen and oxygen atoms in total. The van der Waals surface area contributed by atoms with Crippen LogP contribution in [0.3, 0.4) is 0 Å². The number of piperidine rings is 1. The van der Waals surface area contributed by atoms with E-state index in [-0.39, 0.29) is 6.10 Å². The Bertz CT molecular complexity index is 530. The van der Waals surface area contributed by atoms with E-state index in [2.05, 4.69) is 12.1 Å². The van der Waals surface area contributed by atoms with E-state index in [1.807, 2.05) is 26.0 Å². The number of quaternary nitrogens is 1. The molecule has 26 heavy (non-hydrogen) atoms. The summed E-state index contributed by atoms with van der Waals surface area (Å²) in [5.41, 5.74) is 0.415. The molecule has 1 saturated heterocycles. The van der Waals surface area contributed by atoms with E-state index >= 15 is 0 Å². The van der Waals surface area contributed by atoms with Crippen molar-refractivity contribution in [1.82, 2.24) is 0 Å². The van der Waals surface area contributed by atoms with Gasteiger partial charge in [-0.05, 0) is 69.6 Å². The molecule has 146 valence electrons. The first kappa shape index (κ1) is 19.7. The van der Waals surface area contributed by atoms with Crippen LogP contribution in [0.5, 0.6) is 5.75 Å². The highest BCUT2D eigenvalue weighted by molar-refractivity contribution is 5.31. The molecule has 1 aliphatic carbocycles. The zero-order valence-electron chi connectivity index (χ0n) is 16.8. The van der Waals surface area contributed by atoms with Crippen molar-refractivity contribution in [2.45, 2.75) is 83.3 Å². The zero-order valence-corrected chi connectivity index (χ0v) is 16.8. The van der Waals surface area contributed by atoms with E-state index in [9.17, 15) is 5.11 Å². The summed E-state index contributed by atoms with van der Waals surface area (Å²) in [5.74, 6) is 1.30. The summed E-state index contributed by atoms with van der Waals surface area (Å²) >= 11 is 0. The fraction of sp³-hybridized carbons (Fsp3) is 0.739. The van der Waals surface area contributed by atoms with Crippen molar-refractivity contribution < 1.29 is 14.7 Å². The average molecular weight is 361 g/mol. The van der Waals surface area contributed by atoms with E-state index in [1.165, 1.54) is 51.6 Å². The maximum absolute atomic E-state index is 11.9. The van der Waals surface area contributed by atoms with Crippen LogP contribution in [0.1, 0.15) is 77.2 Å². The molecule has 0 radical (unpaired) electrons. The SMILES string of the molecule is CC(C)Oc1ccc([C@](O)(CC[NH+]2CCCCC2)C2CCCCC2)cc1. The molecule has 1 atom stereocenters. The number of hydrogen-bond donors (Lipinski definition) is 2. The minimum Gasteiger partial charge on any atom is -0.491 e. The maximum atomic E-state index is 11.9. The zero-order chi connectivity index (χ0) is 18.4. The summed E-state index contributed by atoms with van der Waals surface area (Å²) in [6, 6.07) is 8.30. The first-order chi connectivity index (χ1) is 12.6. The van der Waals surface area contributed by atoms with Crippen molar-refractivity contribution in [1.29, 1.82) is 0 Å². The topological polar surface area (TPSA) is 33.9 Å². The van der Waals surface area contributed by atoms with Gasteiger partial charge in [0.15, 0.2) is 0 Å². The number of ether oxygens (including phenoxy) is 1. The fourth-order valence-electron chi connectivity index (χ4n) is 4.93. The summed E-state index contributed by atoms with van der Waals surface area (Å²) in [6.45, 7) is 7.75. The maximum Gasteiger partial charge on any atom is 0.119 e. The first-order valence-electron chi connectivity index (χ1n) is 10.9. The van der Waals surface area contributed by atoms with Crippen LogP contribution in [0, 0.1) is 5.92 Å². The molecule has 0 bridgehead atoms. The van der Waals surface area contributed by atoms with E-state index in [0.29, 0.717) is 5.92 Å². The van der Waals surface area contributed by atoms with Crippen LogP contribution in [0.25, 0.3) is 0 Å². The monoisotopic (exact) mass is 360 g/mol. The van der Waals surface area contributed by atoms with Crippen LogP contribution in [-0.4, -0.2) is 30.8 Å². The second-order valence-corrected chi connectivity index (χ2v) is 8.76. The second kappa shape index (κ2) is 9.23. The number of likely N-dealkylation sites (tertiary alicyclic amines) is 1. The van der Waals surface area contributed by atoms with Gasteiger partial charge in [-0.25, -0.2) is 0 Å². The normalized spacial score (nSPS) is 22.3. The van der Waals surface area contributed by atoms with Gasteiger partial charge in [0.1, 0.15) is 5.75 Å². The number of benzene rings is 1. The molecule has 0 aromatic heterocycles. The van der Waals surface area contributed by atoms with Crippen molar-refractivity contribution in [3.05, 3.63) is 29.8 Å². The molecular formula is C23H38NO2+. The lowest BCUT2D eigenvalue weighted by Crippen LogP contribution is -3.13. The van der Waals surface area contributed by atoms with E-state index < -0.39 is 5.60 Å². The predicted octanol–water partition coefficient (Wildman–Crippen LogP) is 3.70. The molecular weight excluding hydrogens is 322 g/mol. The summed E-state index contributed by atoms with van der Waals surface area (Å²) < 4.78 is 5.80. The third-order valence-corrected chi connectivity index (χ3v) is 6.43. The van der Waals surface area contributed by atoms with Crippen LogP contribution in [0.4, 0.5) is 0 Å². The third kappa shape index (κ3) is 5.01. The van der Waals surface area contributed by atoms with Gasteiger partial charge in [-0.1, -0.05) is 31.4 Å². The number of aliphatic hydroxyl groups is 1. The standard InChI is InChI=1S/C23H37NO2/c1-19(2)26-22-13-11-21(12-14-22)23(25,20-9-5-3-6-10-20)15-18-24-16-7-4-8-17-24/h11-14,19-20,25H,3-10,15-18H2,1-2H3/p+1/t23-/m0/s1. The Morgan fingerprint density at radius 2 is 1.62 bits per heavy atom. The van der Waals surface area contributed by atoms with Gasteiger partial charge in [-0.3, -0.25) is 0 Å². The van der Waals surface area contributed by atoms with Crippen molar-refractivity contribution in [2.75, 3.05) is 19.6 Å². The van der Waals surface area contributed by atoms with Gasteiger partial charge in [0.05, 0.1) is 31.3 Å². The quantitative estimate of drug-likeness (QED) is 0.777. The molecule has 1 aromatic carbocycles. The van der Waals surface area contributed by atoms with Crippen LogP contribution in [0.2, 0.25) is 0 Å². The van der Waals surface area contributed by atoms with Crippen molar-refractivity contribution in [3.63, 3.8) is 0 Å². The Labute approximate surface area is 159 Å². The van der Waals surface area contributed by atoms with Crippen LogP contribution < -0.4 is 9.64 Å². The molecule has 2 fully saturated rings. The van der Waals surface area contributed by atoms with Crippen LogP contribution in [0.15, 0.2) is 24.3 Å². The van der Waals surface area contributed by atoms with Crippen molar-refractivity contribution in [3.8, 4) is 5.75 Å². The minimum absolute atomic E-state index is 0.181. The summed E-state index contributed by atoms with van der Waals surface area (Å²) in [4.78, 5) is 1.69. The summed E-state index contributed by atoms with van der Waals surface area (Å²) in [6.07, 6.45) is 11.3. The molecule has 1 heterocycles. The van der Waals surface area contributed by atoms with Crippen LogP contribution >= 0.6 is 0 Å². The molecule has 1 saturated carbocycles. The lowest BCUT2D eigenvalue weighted by Gasteiger charge is -2.40. The average Bonchev–Trinajstić information content (AvgIpc) is 2.68. The Balaban J connectivity index is 1.74. The first-order valence-corrected chi connectivity index (χ1v) is 10.9. The smallest absolute Gasteiger partial charge is 0.119 e. The van der Waals surface area contributed by atoms with E-state index in [0.717, 1.165) is 37.1 Å². The molecule has 0 spiro atoms. The molecule has 1 aliphatic heterocycles. The third-order valence-electron chi connectivity index (χ3n) is 6.43. The minimum atomic E-state index is -0.679. The highest BCUT2D eigenvalue weighted by Gasteiger charge is 2.39. The summed E-state index contributed by atoms with van der Waals surface area (Å²) in [7, 11) is 0. The van der Waals surface area contributed by atoms with Gasteiger partial charge < -0.3 is 14.7 Å². The van der Waals surface area contributed by atoms with E-state index in [4.69, 9.17) is 4.74 Å². The molecule has 2 N–H and O–H groups in total. The van der Waals surface area contributed by atoms with Gasteiger partial charge in [0.2, 0.25) is 0 Å². The predicted molar refractivity (Wildman–Crippen MR) is 107 cm³/mol. The molecule has 3 heteroatoms. The van der Waals surface area contributed by atoms with Crippen molar-refractivity contribution in [2.24, 2.45) is 5.92 Å². The molecule has 0 amide bonds. The number of hydrogen-bond acceptors (Lipinski definition) is 2. The molecule has 1 aromatic rings. The molecule has 3 rings (SSSR count). The van der Waals surface area contributed by atoms with Gasteiger partial charge in [-0.15, -0.1) is 0 Å². The largest absolute Gasteiger partial charge is 0.491 e. The Hall–Kier alpha value is -1.06. The second-order valence-electron chi connectivity index (χ2n) is 8.76. The van der Waals surface area contributed by atoms with Crippen LogP contribution in [-0.2, 0) is 5.60 Å². The van der Waals surface area contributed by atoms with Gasteiger partial charge in [-0.2, -0.15) is 0 Å². The lowest BCUT2D eigenvalue weighted by atomic mass is 9.71. The highest BCUT2D eigenvalue weighted by Crippen LogP contribution is 2.41. The van der Waals surface area contributed by atoms with Gasteiger partial charge >= 0.3 is 0 Å². The Kier molecular flexibility index (Phi) is 6.99. The van der Waals surface area contributed by atoms with Crippen molar-refractivity contribution >= 4 is 0 Å². The Morgan fingerprint density at radius 3 is 2.23 bits per heavy atom. The van der Waals surface area contributed by atoms with Gasteiger partial charge in [0.25, 0.3) is 0 Å². The highest BCUT2D eigenvalue weighted by atomic mass is 16.5. The number of rotatable bonds is 7.